The molecule has 0 saturated carbocycles. The van der Waals surface area contributed by atoms with Crippen molar-refractivity contribution in [2.45, 2.75) is 38.8 Å². The molecule has 1 fully saturated rings. The minimum absolute atomic E-state index is 0.0379. The number of halogens is 1. The number of carbonyl (C=O) groups excluding carboxylic acids is 2. The SMILES string of the molecule is CC(N)C(=O)N1CCC(C(C)NC(=O)c2cccc(F)n2)CC1. The van der Waals surface area contributed by atoms with Crippen LogP contribution < -0.4 is 11.1 Å². The van der Waals surface area contributed by atoms with Gasteiger partial charge in [-0.3, -0.25) is 9.59 Å². The molecule has 0 spiro atoms. The molecule has 2 heterocycles. The zero-order chi connectivity index (χ0) is 17.0. The molecule has 2 unspecified atom stereocenters. The van der Waals surface area contributed by atoms with Crippen molar-refractivity contribution in [2.75, 3.05) is 13.1 Å². The number of nitrogens with one attached hydrogen (secondary N) is 1. The van der Waals surface area contributed by atoms with E-state index in [0.717, 1.165) is 12.8 Å². The van der Waals surface area contributed by atoms with Crippen molar-refractivity contribution in [2.24, 2.45) is 11.7 Å². The smallest absolute Gasteiger partial charge is 0.270 e. The molecule has 1 saturated heterocycles. The van der Waals surface area contributed by atoms with Gasteiger partial charge in [-0.1, -0.05) is 6.07 Å². The monoisotopic (exact) mass is 322 g/mol. The first kappa shape index (κ1) is 17.3. The first-order valence-electron chi connectivity index (χ1n) is 7.86. The van der Waals surface area contributed by atoms with Gasteiger partial charge in [-0.25, -0.2) is 4.98 Å². The van der Waals surface area contributed by atoms with Crippen LogP contribution in [0.5, 0.6) is 0 Å². The van der Waals surface area contributed by atoms with Gasteiger partial charge >= 0.3 is 0 Å². The number of nitrogens with two attached hydrogens (primary N) is 1. The fourth-order valence-electron chi connectivity index (χ4n) is 2.84. The first-order chi connectivity index (χ1) is 10.9. The van der Waals surface area contributed by atoms with E-state index in [2.05, 4.69) is 10.3 Å². The molecule has 2 rings (SSSR count). The molecular weight excluding hydrogens is 299 g/mol. The molecule has 0 aliphatic carbocycles. The largest absolute Gasteiger partial charge is 0.348 e. The van der Waals surface area contributed by atoms with Crippen molar-refractivity contribution >= 4 is 11.8 Å². The topological polar surface area (TPSA) is 88.3 Å². The first-order valence-corrected chi connectivity index (χ1v) is 7.86. The summed E-state index contributed by atoms with van der Waals surface area (Å²) in [5.74, 6) is -0.826. The van der Waals surface area contributed by atoms with E-state index in [9.17, 15) is 14.0 Å². The van der Waals surface area contributed by atoms with Crippen molar-refractivity contribution in [1.82, 2.24) is 15.2 Å². The van der Waals surface area contributed by atoms with Gasteiger partial charge in [0.25, 0.3) is 5.91 Å². The second-order valence-electron chi connectivity index (χ2n) is 6.06. The number of carbonyl (C=O) groups is 2. The van der Waals surface area contributed by atoms with Crippen LogP contribution in [0.25, 0.3) is 0 Å². The average molecular weight is 322 g/mol. The molecule has 0 aromatic carbocycles. The highest BCUT2D eigenvalue weighted by Gasteiger charge is 2.28. The number of aromatic nitrogens is 1. The summed E-state index contributed by atoms with van der Waals surface area (Å²) in [7, 11) is 0. The second-order valence-corrected chi connectivity index (χ2v) is 6.06. The summed E-state index contributed by atoms with van der Waals surface area (Å²) in [6.07, 6.45) is 1.60. The fraction of sp³-hybridized carbons (Fsp3) is 0.562. The summed E-state index contributed by atoms with van der Waals surface area (Å²) >= 11 is 0. The van der Waals surface area contributed by atoms with Gasteiger partial charge in [-0.2, -0.15) is 4.39 Å². The van der Waals surface area contributed by atoms with Crippen LogP contribution >= 0.6 is 0 Å². The molecule has 2 atom stereocenters. The zero-order valence-corrected chi connectivity index (χ0v) is 13.5. The van der Waals surface area contributed by atoms with Gasteiger partial charge in [0.2, 0.25) is 11.9 Å². The van der Waals surface area contributed by atoms with Crippen LogP contribution in [0, 0.1) is 11.9 Å². The molecule has 1 aromatic heterocycles. The quantitative estimate of drug-likeness (QED) is 0.807. The number of likely N-dealkylation sites (tertiary alicyclic amines) is 1. The summed E-state index contributed by atoms with van der Waals surface area (Å²) in [5.41, 5.74) is 5.69. The fourth-order valence-corrected chi connectivity index (χ4v) is 2.84. The molecule has 1 aromatic rings. The lowest BCUT2D eigenvalue weighted by Crippen LogP contribution is -2.49. The van der Waals surface area contributed by atoms with Crippen LogP contribution in [0.4, 0.5) is 4.39 Å². The van der Waals surface area contributed by atoms with Crippen LogP contribution in [-0.2, 0) is 4.79 Å². The molecule has 0 radical (unpaired) electrons. The second kappa shape index (κ2) is 7.50. The van der Waals surface area contributed by atoms with Crippen LogP contribution in [0.2, 0.25) is 0 Å². The van der Waals surface area contributed by atoms with Crippen LogP contribution in [0.3, 0.4) is 0 Å². The maximum atomic E-state index is 13.1. The van der Waals surface area contributed by atoms with Crippen molar-refractivity contribution in [3.63, 3.8) is 0 Å². The number of piperidine rings is 1. The predicted octanol–water partition coefficient (Wildman–Crippen LogP) is 0.925. The summed E-state index contributed by atoms with van der Waals surface area (Å²) in [6, 6.07) is 3.59. The van der Waals surface area contributed by atoms with Gasteiger partial charge in [-0.15, -0.1) is 0 Å². The van der Waals surface area contributed by atoms with Gasteiger partial charge in [-0.05, 0) is 44.7 Å². The van der Waals surface area contributed by atoms with Gasteiger partial charge in [0.05, 0.1) is 6.04 Å². The number of rotatable bonds is 4. The number of amides is 2. The number of nitrogens with zero attached hydrogens (tertiary/aromatic N) is 2. The van der Waals surface area contributed by atoms with E-state index in [1.54, 1.807) is 11.8 Å². The number of hydrogen-bond donors (Lipinski definition) is 2. The Kier molecular flexibility index (Phi) is 5.65. The van der Waals surface area contributed by atoms with Crippen molar-refractivity contribution in [3.8, 4) is 0 Å². The van der Waals surface area contributed by atoms with Crippen molar-refractivity contribution in [1.29, 1.82) is 0 Å². The van der Waals surface area contributed by atoms with E-state index >= 15 is 0 Å². The average Bonchev–Trinajstić information content (AvgIpc) is 2.54. The third-order valence-corrected chi connectivity index (χ3v) is 4.25. The Bertz CT molecular complexity index is 571. The lowest BCUT2D eigenvalue weighted by atomic mass is 9.90. The van der Waals surface area contributed by atoms with E-state index in [1.807, 2.05) is 6.92 Å². The maximum Gasteiger partial charge on any atom is 0.270 e. The third-order valence-electron chi connectivity index (χ3n) is 4.25. The third kappa shape index (κ3) is 4.48. The molecular formula is C16H23FN4O2. The molecule has 1 aliphatic heterocycles. The van der Waals surface area contributed by atoms with Gasteiger partial charge < -0.3 is 16.0 Å². The summed E-state index contributed by atoms with van der Waals surface area (Å²) in [6.45, 7) is 4.89. The molecule has 3 N–H and O–H groups in total. The van der Waals surface area contributed by atoms with E-state index in [1.165, 1.54) is 18.2 Å². The standard InChI is InChI=1S/C16H23FN4O2/c1-10(18)16(23)21-8-6-12(7-9-21)11(2)19-15(22)13-4-3-5-14(17)20-13/h3-5,10-12H,6-9,18H2,1-2H3,(H,19,22). The Hall–Kier alpha value is -2.02. The Balaban J connectivity index is 1.86. The minimum atomic E-state index is -0.673. The van der Waals surface area contributed by atoms with E-state index in [0.29, 0.717) is 13.1 Å². The number of hydrogen-bond acceptors (Lipinski definition) is 4. The molecule has 2 amide bonds. The van der Waals surface area contributed by atoms with Crippen molar-refractivity contribution in [3.05, 3.63) is 29.8 Å². The lowest BCUT2D eigenvalue weighted by molar-refractivity contribution is -0.133. The highest BCUT2D eigenvalue weighted by Crippen LogP contribution is 2.21. The molecule has 7 heteroatoms. The van der Waals surface area contributed by atoms with Gasteiger partial charge in [0, 0.05) is 19.1 Å². The maximum absolute atomic E-state index is 13.1. The molecule has 0 bridgehead atoms. The Labute approximate surface area is 135 Å². The Morgan fingerprint density at radius 2 is 2.00 bits per heavy atom. The van der Waals surface area contributed by atoms with E-state index in [-0.39, 0.29) is 29.5 Å². The Morgan fingerprint density at radius 3 is 2.57 bits per heavy atom. The Morgan fingerprint density at radius 1 is 1.35 bits per heavy atom. The predicted molar refractivity (Wildman–Crippen MR) is 84.1 cm³/mol. The molecule has 6 nitrogen and oxygen atoms in total. The van der Waals surface area contributed by atoms with Crippen molar-refractivity contribution < 1.29 is 14.0 Å². The van der Waals surface area contributed by atoms with E-state index in [4.69, 9.17) is 5.73 Å². The van der Waals surface area contributed by atoms with Crippen LogP contribution in [0.15, 0.2) is 18.2 Å². The van der Waals surface area contributed by atoms with Gasteiger partial charge in [0.15, 0.2) is 0 Å². The highest BCUT2D eigenvalue weighted by molar-refractivity contribution is 5.92. The molecule has 126 valence electrons. The minimum Gasteiger partial charge on any atom is -0.348 e. The van der Waals surface area contributed by atoms with Gasteiger partial charge in [0.1, 0.15) is 5.69 Å². The summed E-state index contributed by atoms with van der Waals surface area (Å²) < 4.78 is 13.1. The lowest BCUT2D eigenvalue weighted by Gasteiger charge is -2.35. The zero-order valence-electron chi connectivity index (χ0n) is 13.5. The van der Waals surface area contributed by atoms with Crippen LogP contribution in [0.1, 0.15) is 37.2 Å². The number of pyridine rings is 1. The summed E-state index contributed by atoms with van der Waals surface area (Å²) in [5, 5.41) is 2.86. The normalized spacial score (nSPS) is 18.3. The summed E-state index contributed by atoms with van der Waals surface area (Å²) in [4.78, 5) is 29.3. The molecule has 23 heavy (non-hydrogen) atoms. The molecule has 1 aliphatic rings. The van der Waals surface area contributed by atoms with Crippen LogP contribution in [-0.4, -0.2) is 46.9 Å². The highest BCUT2D eigenvalue weighted by atomic mass is 19.1. The van der Waals surface area contributed by atoms with E-state index < -0.39 is 12.0 Å².